The highest BCUT2D eigenvalue weighted by molar-refractivity contribution is 5.61. The Hall–Kier alpha value is -1.30. The largest absolute Gasteiger partial charge is 0.504 e. The number of phenols is 1. The van der Waals surface area contributed by atoms with E-state index in [1.807, 2.05) is 6.07 Å². The number of likely N-dealkylation sites (N-methyl/N-ethyl adjacent to an activating group) is 1. The van der Waals surface area contributed by atoms with Gasteiger partial charge in [0.25, 0.3) is 0 Å². The summed E-state index contributed by atoms with van der Waals surface area (Å²) in [6, 6.07) is 2.18. The summed E-state index contributed by atoms with van der Waals surface area (Å²) in [4.78, 5) is 2.39. The SMILES string of the molecule is CN1CCc2cc(O)c3c4c2C1CCC41CCC(O)C(O)(C1)O3. The van der Waals surface area contributed by atoms with Gasteiger partial charge in [-0.1, -0.05) is 0 Å². The van der Waals surface area contributed by atoms with Gasteiger partial charge in [-0.15, -0.1) is 0 Å². The van der Waals surface area contributed by atoms with Crippen LogP contribution in [-0.4, -0.2) is 45.7 Å². The van der Waals surface area contributed by atoms with Gasteiger partial charge in [-0.05, 0) is 56.3 Å². The minimum Gasteiger partial charge on any atom is -0.504 e. The first kappa shape index (κ1) is 14.1. The van der Waals surface area contributed by atoms with Crippen LogP contribution in [0.1, 0.15) is 54.8 Å². The molecular weight excluding hydrogens is 294 g/mol. The predicted octanol–water partition coefficient (Wildman–Crippen LogP) is 1.58. The van der Waals surface area contributed by atoms with Gasteiger partial charge in [0.2, 0.25) is 5.79 Å². The highest BCUT2D eigenvalue weighted by atomic mass is 16.6. The molecule has 4 aliphatic rings. The summed E-state index contributed by atoms with van der Waals surface area (Å²) in [6.07, 6.45) is 3.90. The van der Waals surface area contributed by atoms with Crippen molar-refractivity contribution in [1.82, 2.24) is 4.90 Å². The first-order chi connectivity index (χ1) is 10.9. The quantitative estimate of drug-likeness (QED) is 0.677. The van der Waals surface area contributed by atoms with Crippen molar-refractivity contribution in [3.63, 3.8) is 0 Å². The third-order valence-electron chi connectivity index (χ3n) is 6.70. The summed E-state index contributed by atoms with van der Waals surface area (Å²) in [7, 11) is 2.16. The fourth-order valence-corrected chi connectivity index (χ4v) is 5.55. The number of nitrogens with zero attached hydrogens (tertiary/aromatic N) is 1. The second-order valence-electron chi connectivity index (χ2n) is 7.92. The molecule has 1 fully saturated rings. The van der Waals surface area contributed by atoms with E-state index in [4.69, 9.17) is 4.74 Å². The van der Waals surface area contributed by atoms with E-state index in [1.165, 1.54) is 11.1 Å². The maximum absolute atomic E-state index is 10.8. The molecule has 5 rings (SSSR count). The van der Waals surface area contributed by atoms with Gasteiger partial charge >= 0.3 is 0 Å². The van der Waals surface area contributed by atoms with E-state index in [0.717, 1.165) is 37.8 Å². The van der Waals surface area contributed by atoms with Gasteiger partial charge in [-0.2, -0.15) is 0 Å². The van der Waals surface area contributed by atoms with Crippen LogP contribution in [0.3, 0.4) is 0 Å². The first-order valence-corrected chi connectivity index (χ1v) is 8.62. The lowest BCUT2D eigenvalue weighted by Gasteiger charge is -2.56. The zero-order valence-electron chi connectivity index (χ0n) is 13.4. The minimum atomic E-state index is -1.57. The van der Waals surface area contributed by atoms with Crippen molar-refractivity contribution < 1.29 is 20.1 Å². The summed E-state index contributed by atoms with van der Waals surface area (Å²) >= 11 is 0. The lowest BCUT2D eigenvalue weighted by Crippen LogP contribution is -2.60. The van der Waals surface area contributed by atoms with Crippen LogP contribution in [0.15, 0.2) is 6.07 Å². The fourth-order valence-electron chi connectivity index (χ4n) is 5.55. The molecule has 0 amide bonds. The smallest absolute Gasteiger partial charge is 0.235 e. The topological polar surface area (TPSA) is 73.2 Å². The van der Waals surface area contributed by atoms with Crippen LogP contribution < -0.4 is 4.74 Å². The molecule has 3 N–H and O–H groups in total. The first-order valence-electron chi connectivity index (χ1n) is 8.62. The Morgan fingerprint density at radius 2 is 2.09 bits per heavy atom. The number of ether oxygens (including phenoxy) is 1. The molecule has 2 bridgehead atoms. The Balaban J connectivity index is 1.81. The average molecular weight is 317 g/mol. The van der Waals surface area contributed by atoms with E-state index in [1.54, 1.807) is 0 Å². The molecule has 23 heavy (non-hydrogen) atoms. The molecule has 0 radical (unpaired) electrons. The van der Waals surface area contributed by atoms with Gasteiger partial charge in [0.15, 0.2) is 11.5 Å². The van der Waals surface area contributed by atoms with Crippen LogP contribution in [0.4, 0.5) is 0 Å². The molecule has 4 unspecified atom stereocenters. The summed E-state index contributed by atoms with van der Waals surface area (Å²) in [6.45, 7) is 1.01. The maximum atomic E-state index is 10.8. The summed E-state index contributed by atoms with van der Waals surface area (Å²) < 4.78 is 5.82. The summed E-state index contributed by atoms with van der Waals surface area (Å²) in [5, 5.41) is 31.6. The Morgan fingerprint density at radius 3 is 2.91 bits per heavy atom. The van der Waals surface area contributed by atoms with Crippen molar-refractivity contribution in [2.24, 2.45) is 0 Å². The van der Waals surface area contributed by atoms with Gasteiger partial charge < -0.3 is 20.1 Å². The third-order valence-corrected chi connectivity index (χ3v) is 6.70. The molecule has 0 aromatic heterocycles. The molecule has 1 spiro atoms. The van der Waals surface area contributed by atoms with E-state index in [2.05, 4.69) is 11.9 Å². The van der Waals surface area contributed by atoms with E-state index in [-0.39, 0.29) is 11.2 Å². The number of phenolic OH excluding ortho intramolecular Hbond substituents is 1. The molecule has 2 aliphatic heterocycles. The Morgan fingerprint density at radius 1 is 1.30 bits per heavy atom. The van der Waals surface area contributed by atoms with E-state index < -0.39 is 11.9 Å². The average Bonchev–Trinajstić information content (AvgIpc) is 2.52. The normalized spacial score (nSPS) is 41.2. The van der Waals surface area contributed by atoms with E-state index in [9.17, 15) is 15.3 Å². The molecular formula is C18H23NO4. The van der Waals surface area contributed by atoms with Crippen molar-refractivity contribution in [1.29, 1.82) is 0 Å². The lowest BCUT2D eigenvalue weighted by molar-refractivity contribution is -0.247. The van der Waals surface area contributed by atoms with Crippen LogP contribution in [0.25, 0.3) is 0 Å². The summed E-state index contributed by atoms with van der Waals surface area (Å²) in [5.41, 5.74) is 3.49. The number of aromatic hydroxyl groups is 1. The van der Waals surface area contributed by atoms with Crippen LogP contribution in [0.5, 0.6) is 11.5 Å². The Labute approximate surface area is 135 Å². The van der Waals surface area contributed by atoms with Crippen molar-refractivity contribution >= 4 is 0 Å². The van der Waals surface area contributed by atoms with Crippen LogP contribution in [0, 0.1) is 0 Å². The second-order valence-corrected chi connectivity index (χ2v) is 7.92. The van der Waals surface area contributed by atoms with Crippen molar-refractivity contribution in [3.05, 3.63) is 22.8 Å². The van der Waals surface area contributed by atoms with Crippen molar-refractivity contribution in [2.45, 2.75) is 61.9 Å². The van der Waals surface area contributed by atoms with Gasteiger partial charge in [0.05, 0.1) is 0 Å². The van der Waals surface area contributed by atoms with Gasteiger partial charge in [0.1, 0.15) is 6.10 Å². The molecule has 124 valence electrons. The molecule has 4 atom stereocenters. The third kappa shape index (κ3) is 1.63. The molecule has 5 heteroatoms. The Kier molecular flexibility index (Phi) is 2.57. The summed E-state index contributed by atoms with van der Waals surface area (Å²) in [5.74, 6) is -1.04. The monoisotopic (exact) mass is 317 g/mol. The molecule has 1 aromatic rings. The number of benzene rings is 1. The number of hydrogen-bond acceptors (Lipinski definition) is 5. The molecule has 5 nitrogen and oxygen atoms in total. The number of hydrogen-bond donors (Lipinski definition) is 3. The van der Waals surface area contributed by atoms with Crippen molar-refractivity contribution in [2.75, 3.05) is 13.6 Å². The maximum Gasteiger partial charge on any atom is 0.235 e. The molecule has 0 saturated heterocycles. The number of rotatable bonds is 0. The molecule has 2 aliphatic carbocycles. The molecule has 1 saturated carbocycles. The standard InChI is InChI=1S/C18H23NO4/c1-19-7-4-10-8-12(20)16-15-14(10)11(19)2-5-17(15)6-3-13(21)18(22,9-17)23-16/h8,11,13,20-22H,2-7,9H2,1H3. The fraction of sp³-hybridized carbons (Fsp3) is 0.667. The zero-order valence-corrected chi connectivity index (χ0v) is 13.4. The molecule has 1 aromatic carbocycles. The van der Waals surface area contributed by atoms with E-state index in [0.29, 0.717) is 24.6 Å². The number of aliphatic hydroxyl groups excluding tert-OH is 1. The molecule has 2 heterocycles. The van der Waals surface area contributed by atoms with Gasteiger partial charge in [0, 0.05) is 30.0 Å². The second kappa shape index (κ2) is 4.21. The Bertz CT molecular complexity index is 705. The lowest BCUT2D eigenvalue weighted by atomic mass is 9.57. The van der Waals surface area contributed by atoms with Gasteiger partial charge in [-0.25, -0.2) is 0 Å². The predicted molar refractivity (Wildman–Crippen MR) is 83.5 cm³/mol. The zero-order chi connectivity index (χ0) is 16.0. The van der Waals surface area contributed by atoms with E-state index >= 15 is 0 Å². The van der Waals surface area contributed by atoms with Crippen LogP contribution in [-0.2, 0) is 11.8 Å². The van der Waals surface area contributed by atoms with Crippen LogP contribution in [0.2, 0.25) is 0 Å². The number of aliphatic hydroxyl groups is 2. The highest BCUT2D eigenvalue weighted by Gasteiger charge is 2.59. The van der Waals surface area contributed by atoms with Crippen LogP contribution >= 0.6 is 0 Å². The van der Waals surface area contributed by atoms with Crippen molar-refractivity contribution in [3.8, 4) is 11.5 Å². The van der Waals surface area contributed by atoms with Gasteiger partial charge in [-0.3, -0.25) is 4.90 Å². The number of fused-ring (bicyclic) bond motifs is 1. The minimum absolute atomic E-state index is 0.112. The highest BCUT2D eigenvalue weighted by Crippen LogP contribution is 2.62.